The van der Waals surface area contributed by atoms with E-state index in [0.717, 1.165) is 6.54 Å². The molecule has 2 nitrogen and oxygen atoms in total. The molecule has 0 radical (unpaired) electrons. The van der Waals surface area contributed by atoms with Crippen LogP contribution in [0.4, 0.5) is 17.3 Å². The fourth-order valence-electron chi connectivity index (χ4n) is 1.75. The first-order chi connectivity index (χ1) is 9.86. The molecule has 0 spiro atoms. The zero-order valence-corrected chi connectivity index (χ0v) is 12.8. The van der Waals surface area contributed by atoms with Gasteiger partial charge in [0.05, 0.1) is 12.7 Å². The topological polar surface area (TPSA) is 8.81 Å². The first-order valence-electron chi connectivity index (χ1n) is 7.47. The molecular weight excluding hydrogens is 283 g/mol. The largest absolute Gasteiger partial charge is 0.673 e. The quantitative estimate of drug-likeness (QED) is 0.279. The summed E-state index contributed by atoms with van der Waals surface area (Å²) in [5.41, 5.74) is 0. The van der Waals surface area contributed by atoms with E-state index in [1.807, 2.05) is 0 Å². The van der Waals surface area contributed by atoms with Crippen LogP contribution in [0.3, 0.4) is 0 Å². The van der Waals surface area contributed by atoms with Gasteiger partial charge in [-0.05, 0) is 25.8 Å². The van der Waals surface area contributed by atoms with E-state index in [0.29, 0.717) is 0 Å². The Morgan fingerprint density at radius 2 is 1.67 bits per heavy atom. The lowest BCUT2D eigenvalue weighted by Gasteiger charge is -1.95. The van der Waals surface area contributed by atoms with E-state index in [4.69, 9.17) is 0 Å². The maximum Gasteiger partial charge on any atom is 0.673 e. The first kappa shape index (κ1) is 19.7. The summed E-state index contributed by atoms with van der Waals surface area (Å²) < 4.78 is 43.3. The van der Waals surface area contributed by atoms with Gasteiger partial charge in [0.1, 0.15) is 12.4 Å². The molecule has 0 aliphatic carbocycles. The van der Waals surface area contributed by atoms with Gasteiger partial charge in [-0.3, -0.25) is 0 Å². The standard InChI is InChI=1S/C14H25N2.BF4/c1-3-5-6-7-8-9-10-11-16-13-12-15(4-2)14-16;2-1(3,4)5/h10-14H,3-9H2,1-2H3;/q+1;-1. The van der Waals surface area contributed by atoms with Crippen LogP contribution in [0.25, 0.3) is 6.20 Å². The van der Waals surface area contributed by atoms with E-state index in [2.05, 4.69) is 54.0 Å². The van der Waals surface area contributed by atoms with E-state index >= 15 is 0 Å². The van der Waals surface area contributed by atoms with Crippen molar-refractivity contribution in [2.45, 2.75) is 58.9 Å². The van der Waals surface area contributed by atoms with Crippen LogP contribution in [0.5, 0.6) is 0 Å². The second kappa shape index (κ2) is 11.4. The maximum absolute atomic E-state index is 9.75. The fourth-order valence-corrected chi connectivity index (χ4v) is 1.75. The molecule has 21 heavy (non-hydrogen) atoms. The van der Waals surface area contributed by atoms with Crippen LogP contribution in [-0.4, -0.2) is 11.8 Å². The first-order valence-corrected chi connectivity index (χ1v) is 7.47. The van der Waals surface area contributed by atoms with Gasteiger partial charge in [0.15, 0.2) is 0 Å². The van der Waals surface area contributed by atoms with Crippen molar-refractivity contribution in [3.63, 3.8) is 0 Å². The number of aromatic nitrogens is 2. The highest BCUT2D eigenvalue weighted by Crippen LogP contribution is 2.06. The minimum atomic E-state index is -6.00. The van der Waals surface area contributed by atoms with Crippen molar-refractivity contribution in [1.29, 1.82) is 0 Å². The van der Waals surface area contributed by atoms with Gasteiger partial charge in [0.25, 0.3) is 0 Å². The second-order valence-electron chi connectivity index (χ2n) is 4.77. The molecule has 0 aliphatic rings. The zero-order chi connectivity index (χ0) is 16.1. The van der Waals surface area contributed by atoms with Crippen molar-refractivity contribution in [2.75, 3.05) is 0 Å². The van der Waals surface area contributed by atoms with Gasteiger partial charge in [-0.15, -0.1) is 0 Å². The van der Waals surface area contributed by atoms with Crippen LogP contribution >= 0.6 is 0 Å². The van der Waals surface area contributed by atoms with Gasteiger partial charge >= 0.3 is 7.25 Å². The van der Waals surface area contributed by atoms with Gasteiger partial charge in [-0.25, -0.2) is 9.13 Å². The fraction of sp³-hybridized carbons (Fsp3) is 0.643. The monoisotopic (exact) mass is 308 g/mol. The number of aryl methyl sites for hydroxylation is 1. The Morgan fingerprint density at radius 1 is 1.05 bits per heavy atom. The molecule has 1 aromatic heterocycles. The lowest BCUT2D eigenvalue weighted by atomic mass is 10.1. The molecule has 0 atom stereocenters. The molecule has 1 aromatic rings. The molecule has 0 bridgehead atoms. The van der Waals surface area contributed by atoms with Crippen LogP contribution in [0.15, 0.2) is 24.8 Å². The van der Waals surface area contributed by atoms with Crippen LogP contribution in [0.1, 0.15) is 52.4 Å². The van der Waals surface area contributed by atoms with Crippen molar-refractivity contribution < 1.29 is 21.8 Å². The predicted octanol–water partition coefficient (Wildman–Crippen LogP) is 4.93. The third kappa shape index (κ3) is 14.9. The molecule has 7 heteroatoms. The number of hydrogen-bond donors (Lipinski definition) is 0. The number of rotatable bonds is 8. The number of hydrogen-bond acceptors (Lipinski definition) is 0. The van der Waals surface area contributed by atoms with Crippen molar-refractivity contribution in [3.05, 3.63) is 24.8 Å². The van der Waals surface area contributed by atoms with Gasteiger partial charge in [-0.1, -0.05) is 32.6 Å². The Morgan fingerprint density at radius 3 is 2.19 bits per heavy atom. The van der Waals surface area contributed by atoms with E-state index in [1.165, 1.54) is 38.5 Å². The number of unbranched alkanes of at least 4 members (excludes halogenated alkanes) is 5. The molecule has 0 aromatic carbocycles. The minimum absolute atomic E-state index is 1.04. The molecule has 0 saturated heterocycles. The normalized spacial score (nSPS) is 11.5. The summed E-state index contributed by atoms with van der Waals surface area (Å²) in [7, 11) is -6.00. The maximum atomic E-state index is 9.75. The SMILES string of the molecule is CCCCCCCC=Cn1cc[n+](CC)c1.F[B-](F)(F)F. The average molecular weight is 308 g/mol. The molecule has 122 valence electrons. The molecule has 0 aliphatic heterocycles. The smallest absolute Gasteiger partial charge is 0.418 e. The van der Waals surface area contributed by atoms with E-state index in [9.17, 15) is 17.3 Å². The van der Waals surface area contributed by atoms with Crippen LogP contribution in [0.2, 0.25) is 0 Å². The van der Waals surface area contributed by atoms with Crippen molar-refractivity contribution in [3.8, 4) is 0 Å². The third-order valence-corrected chi connectivity index (χ3v) is 2.83. The highest BCUT2D eigenvalue weighted by molar-refractivity contribution is 6.50. The Kier molecular flexibility index (Phi) is 10.7. The zero-order valence-electron chi connectivity index (χ0n) is 12.8. The minimum Gasteiger partial charge on any atom is -0.418 e. The summed E-state index contributed by atoms with van der Waals surface area (Å²) in [6.45, 7) is 5.45. The van der Waals surface area contributed by atoms with Gasteiger partial charge in [0.2, 0.25) is 6.33 Å². The van der Waals surface area contributed by atoms with Gasteiger partial charge in [-0.2, -0.15) is 0 Å². The van der Waals surface area contributed by atoms with Gasteiger partial charge < -0.3 is 17.3 Å². The van der Waals surface area contributed by atoms with Crippen LogP contribution in [0, 0.1) is 0 Å². The molecule has 1 rings (SSSR count). The third-order valence-electron chi connectivity index (χ3n) is 2.83. The summed E-state index contributed by atoms with van der Waals surface area (Å²) in [6, 6.07) is 0. The lowest BCUT2D eigenvalue weighted by molar-refractivity contribution is -0.692. The highest BCUT2D eigenvalue weighted by Gasteiger charge is 2.20. The number of allylic oxidation sites excluding steroid dienone is 1. The Labute approximate surface area is 124 Å². The van der Waals surface area contributed by atoms with Crippen LogP contribution < -0.4 is 4.57 Å². The number of halogens is 4. The lowest BCUT2D eigenvalue weighted by Crippen LogP contribution is -2.28. The summed E-state index contributed by atoms with van der Waals surface area (Å²) >= 11 is 0. The number of imidazole rings is 1. The molecule has 1 heterocycles. The van der Waals surface area contributed by atoms with Crippen molar-refractivity contribution in [2.24, 2.45) is 0 Å². The Bertz CT molecular complexity index is 383. The van der Waals surface area contributed by atoms with E-state index < -0.39 is 7.25 Å². The molecular formula is C14H25BF4N2. The van der Waals surface area contributed by atoms with Crippen molar-refractivity contribution in [1.82, 2.24) is 4.57 Å². The molecule has 0 amide bonds. The molecule has 0 unspecified atom stereocenters. The number of nitrogens with zero attached hydrogens (tertiary/aromatic N) is 2. The van der Waals surface area contributed by atoms with Crippen molar-refractivity contribution >= 4 is 13.5 Å². The second-order valence-corrected chi connectivity index (χ2v) is 4.77. The molecule has 0 N–H and O–H groups in total. The summed E-state index contributed by atoms with van der Waals surface area (Å²) in [5.74, 6) is 0. The summed E-state index contributed by atoms with van der Waals surface area (Å²) in [5, 5.41) is 0. The molecule has 0 saturated carbocycles. The van der Waals surface area contributed by atoms with E-state index in [1.54, 1.807) is 0 Å². The summed E-state index contributed by atoms with van der Waals surface area (Å²) in [6.07, 6.45) is 18.8. The Balaban J connectivity index is 0.000000690. The van der Waals surface area contributed by atoms with Gasteiger partial charge in [0, 0.05) is 0 Å². The Hall–Kier alpha value is -1.27. The average Bonchev–Trinajstić information content (AvgIpc) is 2.84. The molecule has 0 fully saturated rings. The van der Waals surface area contributed by atoms with E-state index in [-0.39, 0.29) is 0 Å². The summed E-state index contributed by atoms with van der Waals surface area (Å²) in [4.78, 5) is 0. The highest BCUT2D eigenvalue weighted by atomic mass is 19.5. The van der Waals surface area contributed by atoms with Crippen LogP contribution in [-0.2, 0) is 6.54 Å². The predicted molar refractivity (Wildman–Crippen MR) is 79.2 cm³/mol.